The molecule has 0 aliphatic heterocycles. The van der Waals surface area contributed by atoms with Gasteiger partial charge < -0.3 is 4.74 Å². The Morgan fingerprint density at radius 3 is 2.35 bits per heavy atom. The fourth-order valence-corrected chi connectivity index (χ4v) is 1.55. The summed E-state index contributed by atoms with van der Waals surface area (Å²) in [6, 6.07) is 6.71. The molecule has 0 aromatic heterocycles. The zero-order valence-corrected chi connectivity index (χ0v) is 11.2. The molecular weight excluding hydrogens is 284 g/mol. The van der Waals surface area contributed by atoms with Gasteiger partial charge in [-0.15, -0.1) is 0 Å². The van der Waals surface area contributed by atoms with E-state index in [4.69, 9.17) is 39.5 Å². The standard InChI is InChI=1S/C11H10Cl3NO2/c1-2-17-11(16)15-9(10(13)14)7-3-5-8(12)6-4-7/h3-6H,2H2,1H3,(H,15,16). The Hall–Kier alpha value is -0.900. The highest BCUT2D eigenvalue weighted by Gasteiger charge is 2.11. The molecule has 0 aliphatic rings. The molecule has 0 radical (unpaired) electrons. The number of nitrogens with one attached hydrogen (secondary N) is 1. The summed E-state index contributed by atoms with van der Waals surface area (Å²) >= 11 is 17.2. The van der Waals surface area contributed by atoms with Crippen molar-refractivity contribution >= 4 is 46.6 Å². The van der Waals surface area contributed by atoms with Crippen molar-refractivity contribution in [3.63, 3.8) is 0 Å². The van der Waals surface area contributed by atoms with E-state index in [0.29, 0.717) is 10.6 Å². The lowest BCUT2D eigenvalue weighted by Gasteiger charge is -2.10. The number of ether oxygens (including phenoxy) is 1. The van der Waals surface area contributed by atoms with E-state index in [1.165, 1.54) is 0 Å². The van der Waals surface area contributed by atoms with Gasteiger partial charge in [0.05, 0.1) is 12.3 Å². The Bertz CT molecular complexity index is 425. The molecule has 0 unspecified atom stereocenters. The normalized spacial score (nSPS) is 9.65. The lowest BCUT2D eigenvalue weighted by atomic mass is 10.2. The van der Waals surface area contributed by atoms with Gasteiger partial charge in [0.15, 0.2) is 0 Å². The van der Waals surface area contributed by atoms with E-state index < -0.39 is 6.09 Å². The fourth-order valence-electron chi connectivity index (χ4n) is 1.11. The quantitative estimate of drug-likeness (QED) is 0.907. The molecule has 3 nitrogen and oxygen atoms in total. The number of benzene rings is 1. The summed E-state index contributed by atoms with van der Waals surface area (Å²) in [6.45, 7) is 1.97. The van der Waals surface area contributed by atoms with Crippen molar-refractivity contribution in [1.29, 1.82) is 0 Å². The monoisotopic (exact) mass is 293 g/mol. The molecule has 0 atom stereocenters. The molecular formula is C11H10Cl3NO2. The number of halogens is 3. The highest BCUT2D eigenvalue weighted by atomic mass is 35.5. The summed E-state index contributed by atoms with van der Waals surface area (Å²) in [4.78, 5) is 11.3. The van der Waals surface area contributed by atoms with Crippen LogP contribution in [-0.4, -0.2) is 12.7 Å². The third-order valence-electron chi connectivity index (χ3n) is 1.82. The average molecular weight is 295 g/mol. The predicted octanol–water partition coefficient (Wildman–Crippen LogP) is 4.19. The number of rotatable bonds is 3. The van der Waals surface area contributed by atoms with Gasteiger partial charge in [-0.05, 0) is 19.1 Å². The first-order valence-corrected chi connectivity index (χ1v) is 5.93. The summed E-state index contributed by atoms with van der Waals surface area (Å²) in [7, 11) is 0. The van der Waals surface area contributed by atoms with E-state index >= 15 is 0 Å². The van der Waals surface area contributed by atoms with Crippen LogP contribution in [0, 0.1) is 0 Å². The van der Waals surface area contributed by atoms with Crippen molar-refractivity contribution in [2.24, 2.45) is 0 Å². The van der Waals surface area contributed by atoms with Crippen LogP contribution in [0.15, 0.2) is 28.8 Å². The zero-order chi connectivity index (χ0) is 12.8. The van der Waals surface area contributed by atoms with Gasteiger partial charge in [0.25, 0.3) is 0 Å². The van der Waals surface area contributed by atoms with Crippen LogP contribution >= 0.6 is 34.8 Å². The highest BCUT2D eigenvalue weighted by Crippen LogP contribution is 2.23. The maximum atomic E-state index is 11.3. The lowest BCUT2D eigenvalue weighted by molar-refractivity contribution is 0.157. The molecule has 0 saturated heterocycles. The third kappa shape index (κ3) is 4.46. The SMILES string of the molecule is CCOC(=O)NC(=C(Cl)Cl)c1ccc(Cl)cc1. The first-order valence-electron chi connectivity index (χ1n) is 4.79. The Balaban J connectivity index is 2.92. The average Bonchev–Trinajstić information content (AvgIpc) is 2.27. The molecule has 1 N–H and O–H groups in total. The molecule has 0 heterocycles. The van der Waals surface area contributed by atoms with Gasteiger partial charge in [0.1, 0.15) is 4.49 Å². The van der Waals surface area contributed by atoms with Crippen molar-refractivity contribution in [1.82, 2.24) is 5.32 Å². The first-order chi connectivity index (χ1) is 8.04. The van der Waals surface area contributed by atoms with Crippen LogP contribution in [0.25, 0.3) is 5.70 Å². The van der Waals surface area contributed by atoms with Crippen LogP contribution < -0.4 is 5.32 Å². The van der Waals surface area contributed by atoms with Gasteiger partial charge in [-0.3, -0.25) is 5.32 Å². The molecule has 1 aromatic rings. The van der Waals surface area contributed by atoms with Gasteiger partial charge in [-0.1, -0.05) is 46.9 Å². The van der Waals surface area contributed by atoms with Gasteiger partial charge >= 0.3 is 6.09 Å². The zero-order valence-electron chi connectivity index (χ0n) is 8.97. The number of amides is 1. The Morgan fingerprint density at radius 1 is 1.29 bits per heavy atom. The van der Waals surface area contributed by atoms with E-state index in [0.717, 1.165) is 0 Å². The van der Waals surface area contributed by atoms with Crippen molar-refractivity contribution in [3.8, 4) is 0 Å². The molecule has 6 heteroatoms. The van der Waals surface area contributed by atoms with E-state index in [9.17, 15) is 4.79 Å². The number of carbonyl (C=O) groups is 1. The van der Waals surface area contributed by atoms with Crippen LogP contribution in [0.1, 0.15) is 12.5 Å². The van der Waals surface area contributed by atoms with E-state index in [2.05, 4.69) is 5.32 Å². The fraction of sp³-hybridized carbons (Fsp3) is 0.182. The minimum absolute atomic E-state index is 0.0552. The van der Waals surface area contributed by atoms with Crippen molar-refractivity contribution in [2.45, 2.75) is 6.92 Å². The third-order valence-corrected chi connectivity index (χ3v) is 2.45. The van der Waals surface area contributed by atoms with E-state index in [-0.39, 0.29) is 16.8 Å². The van der Waals surface area contributed by atoms with Crippen LogP contribution in [0.3, 0.4) is 0 Å². The lowest BCUT2D eigenvalue weighted by Crippen LogP contribution is -2.23. The summed E-state index contributed by atoms with van der Waals surface area (Å²) in [5.74, 6) is 0. The summed E-state index contributed by atoms with van der Waals surface area (Å²) in [6.07, 6.45) is -0.615. The minimum Gasteiger partial charge on any atom is -0.450 e. The largest absolute Gasteiger partial charge is 0.450 e. The van der Waals surface area contributed by atoms with E-state index in [1.54, 1.807) is 31.2 Å². The number of carbonyl (C=O) groups excluding carboxylic acids is 1. The topological polar surface area (TPSA) is 38.3 Å². The van der Waals surface area contributed by atoms with Crippen LogP contribution in [0.4, 0.5) is 4.79 Å². The molecule has 1 aromatic carbocycles. The van der Waals surface area contributed by atoms with Crippen LogP contribution in [0.5, 0.6) is 0 Å². The Kier molecular flexibility index (Phi) is 5.62. The van der Waals surface area contributed by atoms with Crippen molar-refractivity contribution in [3.05, 3.63) is 39.3 Å². The summed E-state index contributed by atoms with van der Waals surface area (Å²) < 4.78 is 4.68. The van der Waals surface area contributed by atoms with Gasteiger partial charge in [-0.2, -0.15) is 0 Å². The molecule has 17 heavy (non-hydrogen) atoms. The minimum atomic E-state index is -0.615. The van der Waals surface area contributed by atoms with Gasteiger partial charge in [-0.25, -0.2) is 4.79 Å². The Labute approximate surface area is 114 Å². The summed E-state index contributed by atoms with van der Waals surface area (Å²) in [5, 5.41) is 3.04. The molecule has 0 aliphatic carbocycles. The second kappa shape index (κ2) is 6.74. The first kappa shape index (κ1) is 14.2. The summed E-state index contributed by atoms with van der Waals surface area (Å²) in [5.41, 5.74) is 0.922. The molecule has 1 rings (SSSR count). The number of alkyl carbamates (subject to hydrolysis) is 1. The van der Waals surface area contributed by atoms with Crippen LogP contribution in [0.2, 0.25) is 5.02 Å². The molecule has 0 bridgehead atoms. The number of hydrogen-bond acceptors (Lipinski definition) is 2. The van der Waals surface area contributed by atoms with Gasteiger partial charge in [0, 0.05) is 10.6 Å². The second-order valence-corrected chi connectivity index (χ2v) is 4.37. The maximum Gasteiger partial charge on any atom is 0.411 e. The van der Waals surface area contributed by atoms with Crippen LogP contribution in [-0.2, 0) is 4.74 Å². The number of hydrogen-bond donors (Lipinski definition) is 1. The van der Waals surface area contributed by atoms with Crippen molar-refractivity contribution in [2.75, 3.05) is 6.61 Å². The molecule has 92 valence electrons. The molecule has 0 saturated carbocycles. The van der Waals surface area contributed by atoms with E-state index in [1.807, 2.05) is 0 Å². The smallest absolute Gasteiger partial charge is 0.411 e. The van der Waals surface area contributed by atoms with Crippen molar-refractivity contribution < 1.29 is 9.53 Å². The maximum absolute atomic E-state index is 11.3. The highest BCUT2D eigenvalue weighted by molar-refractivity contribution is 6.58. The molecule has 1 amide bonds. The molecule has 0 spiro atoms. The second-order valence-electron chi connectivity index (χ2n) is 2.99. The molecule has 0 fully saturated rings. The van der Waals surface area contributed by atoms with Gasteiger partial charge in [0.2, 0.25) is 0 Å². The predicted molar refractivity (Wildman–Crippen MR) is 70.2 cm³/mol. The Morgan fingerprint density at radius 2 is 1.88 bits per heavy atom.